The summed E-state index contributed by atoms with van der Waals surface area (Å²) in [5, 5.41) is 9.91. The van der Waals surface area contributed by atoms with Gasteiger partial charge < -0.3 is 14.7 Å². The van der Waals surface area contributed by atoms with Crippen molar-refractivity contribution in [3.63, 3.8) is 0 Å². The van der Waals surface area contributed by atoms with Gasteiger partial charge in [-0.1, -0.05) is 12.1 Å². The van der Waals surface area contributed by atoms with Crippen molar-refractivity contribution < 1.29 is 19.4 Å². The Hall–Kier alpha value is -1.88. The third-order valence-corrected chi connectivity index (χ3v) is 3.41. The van der Waals surface area contributed by atoms with E-state index in [1.165, 1.54) is 0 Å². The lowest BCUT2D eigenvalue weighted by Gasteiger charge is -2.19. The quantitative estimate of drug-likeness (QED) is 0.850. The van der Waals surface area contributed by atoms with Gasteiger partial charge in [0.2, 0.25) is 0 Å². The minimum absolute atomic E-state index is 0.0621. The summed E-state index contributed by atoms with van der Waals surface area (Å²) < 4.78 is 4.78. The fraction of sp³-hybridized carbons (Fsp3) is 0.467. The highest BCUT2D eigenvalue weighted by Crippen LogP contribution is 2.27. The van der Waals surface area contributed by atoms with Gasteiger partial charge >= 0.3 is 5.97 Å². The van der Waals surface area contributed by atoms with Crippen molar-refractivity contribution in [3.05, 3.63) is 34.9 Å². The van der Waals surface area contributed by atoms with Crippen molar-refractivity contribution in [2.24, 2.45) is 0 Å². The van der Waals surface area contributed by atoms with E-state index in [0.29, 0.717) is 17.7 Å². The molecule has 0 bridgehead atoms. The normalized spacial score (nSPS) is 15.4. The maximum Gasteiger partial charge on any atom is 0.339 e. The monoisotopic (exact) mass is 277 g/mol. The van der Waals surface area contributed by atoms with E-state index in [1.807, 2.05) is 13.8 Å². The summed E-state index contributed by atoms with van der Waals surface area (Å²) in [6.07, 6.45) is -1.35. The van der Waals surface area contributed by atoms with Gasteiger partial charge in [0.05, 0.1) is 6.61 Å². The minimum Gasteiger partial charge on any atom is -0.464 e. The average Bonchev–Trinajstić information content (AvgIpc) is 2.75. The molecular weight excluding hydrogens is 258 g/mol. The Morgan fingerprint density at radius 3 is 2.75 bits per heavy atom. The summed E-state index contributed by atoms with van der Waals surface area (Å²) in [5.74, 6) is -0.758. The number of hydrogen-bond donors (Lipinski definition) is 1. The van der Waals surface area contributed by atoms with Crippen LogP contribution in [0, 0.1) is 0 Å². The second-order valence-corrected chi connectivity index (χ2v) is 5.10. The predicted octanol–water partition coefficient (Wildman–Crippen LogP) is 1.65. The highest BCUT2D eigenvalue weighted by atomic mass is 16.5. The zero-order valence-electron chi connectivity index (χ0n) is 11.9. The fourth-order valence-corrected chi connectivity index (χ4v) is 2.29. The van der Waals surface area contributed by atoms with Gasteiger partial charge in [-0.25, -0.2) is 4.79 Å². The molecule has 0 saturated carbocycles. The maximum atomic E-state index is 12.2. The molecule has 0 saturated heterocycles. The van der Waals surface area contributed by atoms with Gasteiger partial charge in [-0.2, -0.15) is 0 Å². The number of aliphatic hydroxyl groups is 1. The van der Waals surface area contributed by atoms with Crippen LogP contribution in [-0.2, 0) is 16.1 Å². The van der Waals surface area contributed by atoms with Crippen molar-refractivity contribution in [3.8, 4) is 0 Å². The number of amides is 1. The van der Waals surface area contributed by atoms with E-state index in [2.05, 4.69) is 0 Å². The van der Waals surface area contributed by atoms with Gasteiger partial charge in [-0.15, -0.1) is 0 Å². The number of carbonyl (C=O) groups excluding carboxylic acids is 2. The molecule has 1 aliphatic heterocycles. The number of benzene rings is 1. The summed E-state index contributed by atoms with van der Waals surface area (Å²) >= 11 is 0. The Bertz CT molecular complexity index is 539. The number of hydrogen-bond acceptors (Lipinski definition) is 4. The summed E-state index contributed by atoms with van der Waals surface area (Å²) in [5.41, 5.74) is 1.87. The molecule has 0 fully saturated rings. The van der Waals surface area contributed by atoms with Crippen LogP contribution in [0.5, 0.6) is 0 Å². The average molecular weight is 277 g/mol. The first-order valence-corrected chi connectivity index (χ1v) is 6.74. The Kier molecular flexibility index (Phi) is 4.09. The molecule has 1 N–H and O–H groups in total. The third-order valence-electron chi connectivity index (χ3n) is 3.41. The summed E-state index contributed by atoms with van der Waals surface area (Å²) in [4.78, 5) is 25.5. The van der Waals surface area contributed by atoms with E-state index in [0.717, 1.165) is 5.56 Å². The van der Waals surface area contributed by atoms with Crippen LogP contribution in [0.25, 0.3) is 0 Å². The van der Waals surface area contributed by atoms with Gasteiger partial charge in [-0.3, -0.25) is 4.79 Å². The number of aliphatic hydroxyl groups excluding tert-OH is 1. The first-order valence-electron chi connectivity index (χ1n) is 6.74. The smallest absolute Gasteiger partial charge is 0.339 e. The molecule has 0 aromatic heterocycles. The van der Waals surface area contributed by atoms with Crippen LogP contribution in [0.1, 0.15) is 48.4 Å². The Labute approximate surface area is 118 Å². The van der Waals surface area contributed by atoms with Crippen molar-refractivity contribution in [2.75, 3.05) is 6.61 Å². The lowest BCUT2D eigenvalue weighted by atomic mass is 10.0. The standard InChI is InChI=1S/C15H19NO4/c1-4-20-15(19)13(17)10-5-6-11-8-16(9(2)3)14(18)12(11)7-10/h5-7,9,13,17H,4,8H2,1-3H3. The predicted molar refractivity (Wildman–Crippen MR) is 73.0 cm³/mol. The SMILES string of the molecule is CCOC(=O)C(O)c1ccc2c(c1)C(=O)N(C(C)C)C2. The van der Waals surface area contributed by atoms with Crippen LogP contribution in [0.4, 0.5) is 0 Å². The fourth-order valence-electron chi connectivity index (χ4n) is 2.29. The second-order valence-electron chi connectivity index (χ2n) is 5.10. The Morgan fingerprint density at radius 2 is 2.15 bits per heavy atom. The lowest BCUT2D eigenvalue weighted by molar-refractivity contribution is -0.153. The van der Waals surface area contributed by atoms with Gasteiger partial charge in [0, 0.05) is 18.2 Å². The van der Waals surface area contributed by atoms with Crippen LogP contribution in [-0.4, -0.2) is 34.5 Å². The summed E-state index contributed by atoms with van der Waals surface area (Å²) in [6.45, 7) is 6.37. The topological polar surface area (TPSA) is 66.8 Å². The number of fused-ring (bicyclic) bond motifs is 1. The number of ether oxygens (including phenoxy) is 1. The van der Waals surface area contributed by atoms with Gasteiger partial charge in [0.25, 0.3) is 5.91 Å². The second kappa shape index (κ2) is 5.63. The molecule has 0 spiro atoms. The van der Waals surface area contributed by atoms with Gasteiger partial charge in [-0.05, 0) is 38.0 Å². The van der Waals surface area contributed by atoms with Crippen molar-refractivity contribution >= 4 is 11.9 Å². The largest absolute Gasteiger partial charge is 0.464 e. The van der Waals surface area contributed by atoms with Crippen molar-refractivity contribution in [1.82, 2.24) is 4.90 Å². The molecule has 1 unspecified atom stereocenters. The molecular formula is C15H19NO4. The molecule has 2 rings (SSSR count). The van der Waals surface area contributed by atoms with Crippen molar-refractivity contribution in [1.29, 1.82) is 0 Å². The van der Waals surface area contributed by atoms with Gasteiger partial charge in [0.15, 0.2) is 6.10 Å². The molecule has 1 heterocycles. The Balaban J connectivity index is 2.26. The molecule has 20 heavy (non-hydrogen) atoms. The number of nitrogens with zero attached hydrogens (tertiary/aromatic N) is 1. The summed E-state index contributed by atoms with van der Waals surface area (Å²) in [6, 6.07) is 5.15. The molecule has 1 aliphatic rings. The highest BCUT2D eigenvalue weighted by molar-refractivity contribution is 5.99. The molecule has 1 amide bonds. The first-order chi connectivity index (χ1) is 9.45. The van der Waals surface area contributed by atoms with Crippen LogP contribution < -0.4 is 0 Å². The van der Waals surface area contributed by atoms with Crippen LogP contribution in [0.3, 0.4) is 0 Å². The minimum atomic E-state index is -1.35. The molecule has 5 nitrogen and oxygen atoms in total. The zero-order valence-corrected chi connectivity index (χ0v) is 11.9. The van der Waals surface area contributed by atoms with E-state index in [9.17, 15) is 14.7 Å². The summed E-state index contributed by atoms with van der Waals surface area (Å²) in [7, 11) is 0. The van der Waals surface area contributed by atoms with E-state index in [1.54, 1.807) is 30.0 Å². The van der Waals surface area contributed by atoms with Crippen LogP contribution in [0.2, 0.25) is 0 Å². The molecule has 1 atom stereocenters. The molecule has 108 valence electrons. The number of rotatable bonds is 4. The number of carbonyl (C=O) groups is 2. The zero-order chi connectivity index (χ0) is 14.9. The third kappa shape index (κ3) is 2.54. The lowest BCUT2D eigenvalue weighted by Crippen LogP contribution is -2.30. The van der Waals surface area contributed by atoms with Gasteiger partial charge in [0.1, 0.15) is 0 Å². The molecule has 0 aliphatic carbocycles. The van der Waals surface area contributed by atoms with Crippen LogP contribution in [0.15, 0.2) is 18.2 Å². The molecule has 1 aromatic rings. The molecule has 5 heteroatoms. The van der Waals surface area contributed by atoms with Crippen molar-refractivity contribution in [2.45, 2.75) is 39.5 Å². The first kappa shape index (κ1) is 14.5. The number of esters is 1. The van der Waals surface area contributed by atoms with E-state index >= 15 is 0 Å². The maximum absolute atomic E-state index is 12.2. The van der Waals surface area contributed by atoms with E-state index < -0.39 is 12.1 Å². The van der Waals surface area contributed by atoms with Crippen LogP contribution >= 0.6 is 0 Å². The highest BCUT2D eigenvalue weighted by Gasteiger charge is 2.30. The molecule has 1 aromatic carbocycles. The molecule has 0 radical (unpaired) electrons. The van der Waals surface area contributed by atoms with E-state index in [4.69, 9.17) is 4.74 Å². The van der Waals surface area contributed by atoms with E-state index in [-0.39, 0.29) is 18.6 Å². The Morgan fingerprint density at radius 1 is 1.45 bits per heavy atom.